The lowest BCUT2D eigenvalue weighted by molar-refractivity contribution is 0.144. The molecule has 3 aromatic rings. The Hall–Kier alpha value is -3.42. The van der Waals surface area contributed by atoms with Crippen LogP contribution in [0.5, 0.6) is 0 Å². The van der Waals surface area contributed by atoms with Gasteiger partial charge in [0.2, 0.25) is 10.0 Å². The summed E-state index contributed by atoms with van der Waals surface area (Å²) in [6, 6.07) is 22.6. The van der Waals surface area contributed by atoms with Crippen LogP contribution in [-0.4, -0.2) is 27.7 Å². The van der Waals surface area contributed by atoms with Gasteiger partial charge in [-0.05, 0) is 39.9 Å². The standard InChI is InChI=1S/C24H22N2O4S/c25-31(28,29)18-9-5-7-17(15-18)8-6-14-26-24(27)30-16-23-21-12-3-1-10-19(21)20-11-2-4-13-22(20)23/h1-13,15,23H,14,16H2,(H,26,27)(H2,25,28,29). The summed E-state index contributed by atoms with van der Waals surface area (Å²) in [4.78, 5) is 12.2. The van der Waals surface area contributed by atoms with Crippen LogP contribution in [-0.2, 0) is 14.8 Å². The summed E-state index contributed by atoms with van der Waals surface area (Å²) >= 11 is 0. The molecule has 0 aromatic heterocycles. The third-order valence-corrected chi connectivity index (χ3v) is 6.12. The lowest BCUT2D eigenvalue weighted by Crippen LogP contribution is -2.26. The van der Waals surface area contributed by atoms with Crippen molar-refractivity contribution >= 4 is 22.2 Å². The number of sulfonamides is 1. The normalized spacial score (nSPS) is 13.1. The summed E-state index contributed by atoms with van der Waals surface area (Å²) in [7, 11) is -3.75. The number of hydrogen-bond donors (Lipinski definition) is 2. The molecule has 6 nitrogen and oxygen atoms in total. The molecule has 4 rings (SSSR count). The molecule has 3 N–H and O–H groups in total. The van der Waals surface area contributed by atoms with E-state index in [-0.39, 0.29) is 24.0 Å². The van der Waals surface area contributed by atoms with Crippen LogP contribution in [0.1, 0.15) is 22.6 Å². The van der Waals surface area contributed by atoms with Gasteiger partial charge in [-0.2, -0.15) is 0 Å². The molecule has 0 spiro atoms. The molecule has 0 aliphatic heterocycles. The van der Waals surface area contributed by atoms with Gasteiger partial charge >= 0.3 is 6.09 Å². The number of rotatable bonds is 6. The Balaban J connectivity index is 1.33. The molecule has 0 saturated carbocycles. The van der Waals surface area contributed by atoms with Crippen molar-refractivity contribution in [3.8, 4) is 11.1 Å². The SMILES string of the molecule is NS(=O)(=O)c1cccc(C=CCNC(=O)OCC2c3ccccc3-c3ccccc32)c1. The van der Waals surface area contributed by atoms with E-state index in [4.69, 9.17) is 9.88 Å². The van der Waals surface area contributed by atoms with E-state index in [0.29, 0.717) is 5.56 Å². The molecule has 1 amide bonds. The summed E-state index contributed by atoms with van der Waals surface area (Å²) in [5.74, 6) is 0.00893. The highest BCUT2D eigenvalue weighted by Gasteiger charge is 2.28. The predicted octanol–water partition coefficient (Wildman–Crippen LogP) is 3.89. The fourth-order valence-corrected chi connectivity index (χ4v) is 4.35. The van der Waals surface area contributed by atoms with Crippen molar-refractivity contribution in [3.05, 3.63) is 95.6 Å². The van der Waals surface area contributed by atoms with Crippen LogP contribution in [0, 0.1) is 0 Å². The number of carbonyl (C=O) groups excluding carboxylic acids is 1. The fourth-order valence-electron chi connectivity index (χ4n) is 3.78. The first-order valence-electron chi connectivity index (χ1n) is 9.82. The molecule has 0 radical (unpaired) electrons. The molecule has 0 saturated heterocycles. The Morgan fingerprint density at radius 3 is 2.26 bits per heavy atom. The third-order valence-electron chi connectivity index (χ3n) is 5.20. The second kappa shape index (κ2) is 8.75. The number of ether oxygens (including phenoxy) is 1. The van der Waals surface area contributed by atoms with Gasteiger partial charge in [0.05, 0.1) is 4.90 Å². The van der Waals surface area contributed by atoms with E-state index in [1.807, 2.05) is 24.3 Å². The molecular weight excluding hydrogens is 412 g/mol. The quantitative estimate of drug-likeness (QED) is 0.615. The van der Waals surface area contributed by atoms with Gasteiger partial charge < -0.3 is 10.1 Å². The number of primary sulfonamides is 1. The number of fused-ring (bicyclic) bond motifs is 3. The first-order valence-corrected chi connectivity index (χ1v) is 11.4. The average molecular weight is 435 g/mol. The topological polar surface area (TPSA) is 98.5 Å². The fraction of sp³-hybridized carbons (Fsp3) is 0.125. The van der Waals surface area contributed by atoms with Crippen molar-refractivity contribution < 1.29 is 17.9 Å². The number of benzene rings is 3. The molecule has 0 fully saturated rings. The minimum Gasteiger partial charge on any atom is -0.449 e. The molecule has 0 atom stereocenters. The first-order chi connectivity index (χ1) is 14.9. The van der Waals surface area contributed by atoms with Gasteiger partial charge in [-0.3, -0.25) is 0 Å². The van der Waals surface area contributed by atoms with E-state index in [1.54, 1.807) is 24.3 Å². The number of alkyl carbamates (subject to hydrolysis) is 1. The largest absolute Gasteiger partial charge is 0.449 e. The van der Waals surface area contributed by atoms with Crippen molar-refractivity contribution in [2.45, 2.75) is 10.8 Å². The van der Waals surface area contributed by atoms with E-state index < -0.39 is 16.1 Å². The Labute approximate surface area is 181 Å². The zero-order chi connectivity index (χ0) is 21.8. The van der Waals surface area contributed by atoms with Crippen molar-refractivity contribution in [3.63, 3.8) is 0 Å². The highest BCUT2D eigenvalue weighted by atomic mass is 32.2. The molecule has 0 bridgehead atoms. The summed E-state index contributed by atoms with van der Waals surface area (Å²) in [5, 5.41) is 7.82. The highest BCUT2D eigenvalue weighted by Crippen LogP contribution is 2.44. The molecular formula is C24H22N2O4S. The van der Waals surface area contributed by atoms with Gasteiger partial charge in [0, 0.05) is 12.5 Å². The van der Waals surface area contributed by atoms with E-state index in [1.165, 1.54) is 23.3 Å². The molecule has 1 aliphatic carbocycles. The van der Waals surface area contributed by atoms with Gasteiger partial charge in [0.1, 0.15) is 6.61 Å². The van der Waals surface area contributed by atoms with Gasteiger partial charge in [0.15, 0.2) is 0 Å². The van der Waals surface area contributed by atoms with Crippen LogP contribution in [0.15, 0.2) is 83.8 Å². The number of amides is 1. The van der Waals surface area contributed by atoms with E-state index >= 15 is 0 Å². The number of carbonyl (C=O) groups is 1. The minimum atomic E-state index is -3.75. The highest BCUT2D eigenvalue weighted by molar-refractivity contribution is 7.89. The van der Waals surface area contributed by atoms with Crippen LogP contribution >= 0.6 is 0 Å². The Morgan fingerprint density at radius 2 is 1.61 bits per heavy atom. The van der Waals surface area contributed by atoms with Gasteiger partial charge in [-0.25, -0.2) is 18.4 Å². The Bertz CT molecular complexity index is 1210. The molecule has 0 unspecified atom stereocenters. The van der Waals surface area contributed by atoms with Crippen LogP contribution in [0.25, 0.3) is 17.2 Å². The Morgan fingerprint density at radius 1 is 0.968 bits per heavy atom. The average Bonchev–Trinajstić information content (AvgIpc) is 3.09. The van der Waals surface area contributed by atoms with Crippen molar-refractivity contribution in [1.29, 1.82) is 0 Å². The third kappa shape index (κ3) is 4.68. The zero-order valence-corrected chi connectivity index (χ0v) is 17.5. The summed E-state index contributed by atoms with van der Waals surface area (Å²) in [5.41, 5.74) is 5.34. The maximum atomic E-state index is 12.2. The van der Waals surface area contributed by atoms with Crippen molar-refractivity contribution in [2.75, 3.05) is 13.2 Å². The summed E-state index contributed by atoms with van der Waals surface area (Å²) < 4.78 is 28.3. The smallest absolute Gasteiger partial charge is 0.407 e. The van der Waals surface area contributed by atoms with E-state index in [2.05, 4.69) is 29.6 Å². The first kappa shape index (κ1) is 20.8. The van der Waals surface area contributed by atoms with Crippen molar-refractivity contribution in [2.24, 2.45) is 5.14 Å². The molecule has 7 heteroatoms. The van der Waals surface area contributed by atoms with E-state index in [9.17, 15) is 13.2 Å². The second-order valence-corrected chi connectivity index (χ2v) is 8.79. The molecule has 1 aliphatic rings. The van der Waals surface area contributed by atoms with Gasteiger partial charge in [0.25, 0.3) is 0 Å². The lowest BCUT2D eigenvalue weighted by Gasteiger charge is -2.14. The zero-order valence-electron chi connectivity index (χ0n) is 16.7. The van der Waals surface area contributed by atoms with Crippen molar-refractivity contribution in [1.82, 2.24) is 5.32 Å². The molecule has 3 aromatic carbocycles. The number of nitrogens with one attached hydrogen (secondary N) is 1. The van der Waals surface area contributed by atoms with Crippen LogP contribution < -0.4 is 10.5 Å². The maximum absolute atomic E-state index is 12.2. The summed E-state index contributed by atoms with van der Waals surface area (Å²) in [6.45, 7) is 0.496. The number of hydrogen-bond acceptors (Lipinski definition) is 4. The van der Waals surface area contributed by atoms with Crippen LogP contribution in [0.2, 0.25) is 0 Å². The monoisotopic (exact) mass is 434 g/mol. The predicted molar refractivity (Wildman–Crippen MR) is 120 cm³/mol. The minimum absolute atomic E-state index is 0.00893. The Kier molecular flexibility index (Phi) is 5.88. The number of nitrogens with two attached hydrogens (primary N) is 1. The molecule has 158 valence electrons. The van der Waals surface area contributed by atoms with Gasteiger partial charge in [-0.1, -0.05) is 72.8 Å². The van der Waals surface area contributed by atoms with E-state index in [0.717, 1.165) is 11.1 Å². The molecule has 31 heavy (non-hydrogen) atoms. The van der Waals surface area contributed by atoms with Crippen LogP contribution in [0.4, 0.5) is 4.79 Å². The maximum Gasteiger partial charge on any atom is 0.407 e. The lowest BCUT2D eigenvalue weighted by atomic mass is 9.98. The molecule has 0 heterocycles. The van der Waals surface area contributed by atoms with Crippen LogP contribution in [0.3, 0.4) is 0 Å². The summed E-state index contributed by atoms with van der Waals surface area (Å²) in [6.07, 6.45) is 2.91. The van der Waals surface area contributed by atoms with Gasteiger partial charge in [-0.15, -0.1) is 0 Å². The second-order valence-electron chi connectivity index (χ2n) is 7.23.